The first kappa shape index (κ1) is 17.2. The van der Waals surface area contributed by atoms with Gasteiger partial charge in [-0.05, 0) is 27.2 Å². The summed E-state index contributed by atoms with van der Waals surface area (Å²) in [7, 11) is 0. The molecule has 118 valence electrons. The van der Waals surface area contributed by atoms with Crippen molar-refractivity contribution in [3.8, 4) is 0 Å². The molecule has 0 aliphatic rings. The number of rotatable bonds is 9. The van der Waals surface area contributed by atoms with Crippen LogP contribution in [0.5, 0.6) is 0 Å². The normalized spacial score (nSPS) is 10.3. The molecule has 2 N–H and O–H groups in total. The Morgan fingerprint density at radius 1 is 1.19 bits per heavy atom. The van der Waals surface area contributed by atoms with Gasteiger partial charge in [-0.2, -0.15) is 0 Å². The first-order valence-electron chi connectivity index (χ1n) is 7.77. The monoisotopic (exact) mass is 293 g/mol. The molecular formula is C15H27N5O. The number of carbonyl (C=O) groups is 1. The van der Waals surface area contributed by atoms with E-state index in [2.05, 4.69) is 27.5 Å². The van der Waals surface area contributed by atoms with Crippen LogP contribution in [-0.4, -0.2) is 42.1 Å². The van der Waals surface area contributed by atoms with E-state index in [9.17, 15) is 4.79 Å². The molecule has 21 heavy (non-hydrogen) atoms. The molecule has 0 aliphatic carbocycles. The summed E-state index contributed by atoms with van der Waals surface area (Å²) in [5.74, 6) is 2.46. The van der Waals surface area contributed by atoms with Crippen molar-refractivity contribution in [2.75, 3.05) is 36.4 Å². The number of likely N-dealkylation sites (N-methyl/N-ethyl adjacent to an activating group) is 2. The fraction of sp³-hybridized carbons (Fsp3) is 0.667. The second kappa shape index (κ2) is 9.15. The summed E-state index contributed by atoms with van der Waals surface area (Å²) < 4.78 is 0. The number of carbonyl (C=O) groups excluding carboxylic acids is 1. The minimum atomic E-state index is 0.0139. The van der Waals surface area contributed by atoms with Gasteiger partial charge >= 0.3 is 0 Å². The second-order valence-electron chi connectivity index (χ2n) is 4.78. The van der Waals surface area contributed by atoms with E-state index in [0.717, 1.165) is 43.4 Å². The van der Waals surface area contributed by atoms with Crippen LogP contribution in [0.3, 0.4) is 0 Å². The molecule has 0 unspecified atom stereocenters. The number of nitrogens with zero attached hydrogens (tertiary/aromatic N) is 3. The van der Waals surface area contributed by atoms with Crippen LogP contribution < -0.4 is 15.5 Å². The maximum Gasteiger partial charge on any atom is 0.239 e. The van der Waals surface area contributed by atoms with E-state index in [1.165, 1.54) is 0 Å². The van der Waals surface area contributed by atoms with Gasteiger partial charge in [-0.3, -0.25) is 4.79 Å². The van der Waals surface area contributed by atoms with E-state index in [-0.39, 0.29) is 5.91 Å². The molecule has 1 aromatic rings. The average Bonchev–Trinajstić information content (AvgIpc) is 2.45. The first-order chi connectivity index (χ1) is 10.1. The maximum atomic E-state index is 11.8. The summed E-state index contributed by atoms with van der Waals surface area (Å²) >= 11 is 0. The third-order valence-corrected chi connectivity index (χ3v) is 3.00. The molecule has 1 amide bonds. The van der Waals surface area contributed by atoms with Gasteiger partial charge in [-0.25, -0.2) is 9.97 Å². The standard InChI is InChI=1S/C15H27N5O/c1-5-9-12-18-13(16-6-2)10-14(19-12)20(8-4)11-15(21)17-7-3/h10H,5-9,11H2,1-4H3,(H,17,21)(H,16,18,19). The molecule has 1 aromatic heterocycles. The number of amides is 1. The van der Waals surface area contributed by atoms with Gasteiger partial charge in [0.25, 0.3) is 0 Å². The maximum absolute atomic E-state index is 11.8. The highest BCUT2D eigenvalue weighted by Gasteiger charge is 2.13. The summed E-state index contributed by atoms with van der Waals surface area (Å²) in [6, 6.07) is 1.91. The number of hydrogen-bond donors (Lipinski definition) is 2. The highest BCUT2D eigenvalue weighted by molar-refractivity contribution is 5.81. The Labute approximate surface area is 127 Å². The summed E-state index contributed by atoms with van der Waals surface area (Å²) in [5, 5.41) is 6.05. The lowest BCUT2D eigenvalue weighted by molar-refractivity contribution is -0.119. The summed E-state index contributed by atoms with van der Waals surface area (Å²) in [4.78, 5) is 22.8. The highest BCUT2D eigenvalue weighted by atomic mass is 16.2. The first-order valence-corrected chi connectivity index (χ1v) is 7.77. The van der Waals surface area contributed by atoms with E-state index in [4.69, 9.17) is 0 Å². The largest absolute Gasteiger partial charge is 0.370 e. The van der Waals surface area contributed by atoms with Crippen molar-refractivity contribution in [2.24, 2.45) is 0 Å². The zero-order valence-electron chi connectivity index (χ0n) is 13.6. The number of aromatic nitrogens is 2. The highest BCUT2D eigenvalue weighted by Crippen LogP contribution is 2.16. The predicted molar refractivity (Wildman–Crippen MR) is 86.8 cm³/mol. The summed E-state index contributed by atoms with van der Waals surface area (Å²) in [6.07, 6.45) is 1.84. The molecule has 0 radical (unpaired) electrons. The fourth-order valence-electron chi connectivity index (χ4n) is 2.03. The third-order valence-electron chi connectivity index (χ3n) is 3.00. The zero-order valence-corrected chi connectivity index (χ0v) is 13.6. The Morgan fingerprint density at radius 2 is 1.95 bits per heavy atom. The van der Waals surface area contributed by atoms with Crippen LogP contribution in [0, 0.1) is 0 Å². The molecule has 0 atom stereocenters. The van der Waals surface area contributed by atoms with Gasteiger partial charge in [-0.1, -0.05) is 6.92 Å². The van der Waals surface area contributed by atoms with Gasteiger partial charge < -0.3 is 15.5 Å². The average molecular weight is 293 g/mol. The lowest BCUT2D eigenvalue weighted by atomic mass is 10.3. The van der Waals surface area contributed by atoms with Crippen LogP contribution in [0.2, 0.25) is 0 Å². The lowest BCUT2D eigenvalue weighted by Crippen LogP contribution is -2.37. The fourth-order valence-corrected chi connectivity index (χ4v) is 2.03. The lowest BCUT2D eigenvalue weighted by Gasteiger charge is -2.22. The van der Waals surface area contributed by atoms with Crippen molar-refractivity contribution in [1.29, 1.82) is 0 Å². The SMILES string of the molecule is CCCc1nc(NCC)cc(N(CC)CC(=O)NCC)n1. The van der Waals surface area contributed by atoms with E-state index < -0.39 is 0 Å². The quantitative estimate of drug-likeness (QED) is 0.727. The van der Waals surface area contributed by atoms with Crippen molar-refractivity contribution in [1.82, 2.24) is 15.3 Å². The number of aryl methyl sites for hydroxylation is 1. The molecular weight excluding hydrogens is 266 g/mol. The molecule has 0 aromatic carbocycles. The van der Waals surface area contributed by atoms with Gasteiger partial charge in [0.05, 0.1) is 6.54 Å². The summed E-state index contributed by atoms with van der Waals surface area (Å²) in [6.45, 7) is 10.6. The molecule has 6 nitrogen and oxygen atoms in total. The topological polar surface area (TPSA) is 70.2 Å². The van der Waals surface area contributed by atoms with Gasteiger partial charge in [0.15, 0.2) is 0 Å². The third kappa shape index (κ3) is 5.57. The molecule has 0 fully saturated rings. The van der Waals surface area contributed by atoms with Gasteiger partial charge in [-0.15, -0.1) is 0 Å². The van der Waals surface area contributed by atoms with E-state index >= 15 is 0 Å². The minimum absolute atomic E-state index is 0.0139. The van der Waals surface area contributed by atoms with E-state index in [1.807, 2.05) is 31.7 Å². The molecule has 0 spiro atoms. The number of nitrogens with one attached hydrogen (secondary N) is 2. The molecule has 0 saturated heterocycles. The van der Waals surface area contributed by atoms with E-state index in [1.54, 1.807) is 0 Å². The van der Waals surface area contributed by atoms with Crippen LogP contribution in [0.1, 0.15) is 39.9 Å². The molecule has 6 heteroatoms. The van der Waals surface area contributed by atoms with Crippen LogP contribution in [0.25, 0.3) is 0 Å². The van der Waals surface area contributed by atoms with Crippen LogP contribution in [-0.2, 0) is 11.2 Å². The van der Waals surface area contributed by atoms with Crippen molar-refractivity contribution >= 4 is 17.5 Å². The molecule has 0 saturated carbocycles. The number of hydrogen-bond acceptors (Lipinski definition) is 5. The van der Waals surface area contributed by atoms with Gasteiger partial charge in [0.2, 0.25) is 5.91 Å². The molecule has 1 rings (SSSR count). The molecule has 0 aliphatic heterocycles. The Hall–Kier alpha value is -1.85. The minimum Gasteiger partial charge on any atom is -0.370 e. The number of anilines is 2. The van der Waals surface area contributed by atoms with Gasteiger partial charge in [0, 0.05) is 32.1 Å². The molecule has 1 heterocycles. The Morgan fingerprint density at radius 3 is 2.52 bits per heavy atom. The van der Waals surface area contributed by atoms with Crippen molar-refractivity contribution < 1.29 is 4.79 Å². The van der Waals surface area contributed by atoms with Crippen LogP contribution >= 0.6 is 0 Å². The Bertz CT molecular complexity index is 425. The van der Waals surface area contributed by atoms with Crippen molar-refractivity contribution in [3.05, 3.63) is 11.9 Å². The smallest absolute Gasteiger partial charge is 0.239 e. The van der Waals surface area contributed by atoms with E-state index in [0.29, 0.717) is 13.1 Å². The Balaban J connectivity index is 2.97. The van der Waals surface area contributed by atoms with Crippen molar-refractivity contribution in [2.45, 2.75) is 40.5 Å². The van der Waals surface area contributed by atoms with Gasteiger partial charge in [0.1, 0.15) is 17.5 Å². The van der Waals surface area contributed by atoms with Crippen LogP contribution in [0.4, 0.5) is 11.6 Å². The summed E-state index contributed by atoms with van der Waals surface area (Å²) in [5.41, 5.74) is 0. The predicted octanol–water partition coefficient (Wildman–Crippen LogP) is 1.82. The zero-order chi connectivity index (χ0) is 15.7. The Kier molecular flexibility index (Phi) is 7.50. The van der Waals surface area contributed by atoms with Crippen molar-refractivity contribution in [3.63, 3.8) is 0 Å². The van der Waals surface area contributed by atoms with Crippen LogP contribution in [0.15, 0.2) is 6.07 Å². The second-order valence-corrected chi connectivity index (χ2v) is 4.78. The molecule has 0 bridgehead atoms.